The summed E-state index contributed by atoms with van der Waals surface area (Å²) in [7, 11) is 0. The molecule has 1 atom stereocenters. The first-order chi connectivity index (χ1) is 9.08. The van der Waals surface area contributed by atoms with Crippen molar-refractivity contribution in [3.63, 3.8) is 0 Å². The first-order valence-corrected chi connectivity index (χ1v) is 5.71. The van der Waals surface area contributed by atoms with E-state index < -0.39 is 5.97 Å². The number of carboxylic acid groups (broad SMARTS) is 1. The van der Waals surface area contributed by atoms with Gasteiger partial charge < -0.3 is 15.4 Å². The zero-order valence-electron chi connectivity index (χ0n) is 10.3. The molecule has 0 spiro atoms. The van der Waals surface area contributed by atoms with Crippen LogP contribution >= 0.6 is 0 Å². The second-order valence-corrected chi connectivity index (χ2v) is 4.05. The highest BCUT2D eigenvalue weighted by Gasteiger charge is 2.13. The van der Waals surface area contributed by atoms with E-state index in [9.17, 15) is 9.59 Å². The van der Waals surface area contributed by atoms with Gasteiger partial charge in [-0.15, -0.1) is 0 Å². The summed E-state index contributed by atoms with van der Waals surface area (Å²) >= 11 is 0. The molecule has 0 aliphatic carbocycles. The summed E-state index contributed by atoms with van der Waals surface area (Å²) in [5, 5.41) is 11.5. The van der Waals surface area contributed by atoms with Gasteiger partial charge in [-0.3, -0.25) is 4.79 Å². The highest BCUT2D eigenvalue weighted by molar-refractivity contribution is 5.96. The Labute approximate surface area is 109 Å². The number of amides is 1. The first-order valence-electron chi connectivity index (χ1n) is 5.71. The molecule has 1 aromatic carbocycles. The van der Waals surface area contributed by atoms with Crippen LogP contribution in [0.25, 0.3) is 0 Å². The number of benzene rings is 1. The molecule has 0 fully saturated rings. The third-order valence-electron chi connectivity index (χ3n) is 2.67. The molecule has 2 rings (SSSR count). The van der Waals surface area contributed by atoms with Crippen molar-refractivity contribution in [2.24, 2.45) is 0 Å². The third kappa shape index (κ3) is 2.98. The number of H-pyrrole nitrogens is 1. The van der Waals surface area contributed by atoms with E-state index >= 15 is 0 Å². The maximum atomic E-state index is 11.9. The molecule has 1 amide bonds. The standard InChI is InChI=1S/C13H13N3O3/c1-8(11-14-6-7-15-11)16-12(17)9-2-4-10(5-3-9)13(18)19/h2-8H,1H3,(H,14,15)(H,16,17)(H,18,19). The van der Waals surface area contributed by atoms with Gasteiger partial charge in [0.2, 0.25) is 0 Å². The van der Waals surface area contributed by atoms with Gasteiger partial charge in [0.25, 0.3) is 5.91 Å². The number of aromatic amines is 1. The fourth-order valence-corrected chi connectivity index (χ4v) is 1.63. The first kappa shape index (κ1) is 12.8. The predicted molar refractivity (Wildman–Crippen MR) is 67.9 cm³/mol. The highest BCUT2D eigenvalue weighted by atomic mass is 16.4. The molecule has 1 heterocycles. The van der Waals surface area contributed by atoms with E-state index in [1.54, 1.807) is 12.4 Å². The molecule has 98 valence electrons. The molecule has 0 saturated heterocycles. The van der Waals surface area contributed by atoms with Gasteiger partial charge in [-0.05, 0) is 31.2 Å². The van der Waals surface area contributed by atoms with Crippen LogP contribution in [-0.2, 0) is 0 Å². The minimum Gasteiger partial charge on any atom is -0.478 e. The van der Waals surface area contributed by atoms with Crippen molar-refractivity contribution in [1.29, 1.82) is 0 Å². The minimum atomic E-state index is -1.02. The van der Waals surface area contributed by atoms with Crippen LogP contribution in [-0.4, -0.2) is 27.0 Å². The number of aromatic nitrogens is 2. The van der Waals surface area contributed by atoms with Crippen molar-refractivity contribution in [1.82, 2.24) is 15.3 Å². The van der Waals surface area contributed by atoms with E-state index in [1.165, 1.54) is 24.3 Å². The number of nitrogens with zero attached hydrogens (tertiary/aromatic N) is 1. The van der Waals surface area contributed by atoms with Crippen molar-refractivity contribution in [3.8, 4) is 0 Å². The van der Waals surface area contributed by atoms with Crippen LogP contribution in [0.3, 0.4) is 0 Å². The fourth-order valence-electron chi connectivity index (χ4n) is 1.63. The summed E-state index contributed by atoms with van der Waals surface area (Å²) in [5.41, 5.74) is 0.555. The predicted octanol–water partition coefficient (Wildman–Crippen LogP) is 1.60. The number of carbonyl (C=O) groups is 2. The van der Waals surface area contributed by atoms with E-state index in [2.05, 4.69) is 15.3 Å². The molecule has 0 aliphatic heterocycles. The van der Waals surface area contributed by atoms with Crippen molar-refractivity contribution >= 4 is 11.9 Å². The lowest BCUT2D eigenvalue weighted by atomic mass is 10.1. The van der Waals surface area contributed by atoms with E-state index in [1.807, 2.05) is 6.92 Å². The van der Waals surface area contributed by atoms with Crippen LogP contribution in [0.15, 0.2) is 36.7 Å². The summed E-state index contributed by atoms with van der Waals surface area (Å²) in [6.45, 7) is 1.81. The summed E-state index contributed by atoms with van der Waals surface area (Å²) in [4.78, 5) is 29.6. The summed E-state index contributed by atoms with van der Waals surface area (Å²) < 4.78 is 0. The summed E-state index contributed by atoms with van der Waals surface area (Å²) in [5.74, 6) is -0.632. The van der Waals surface area contributed by atoms with Crippen molar-refractivity contribution in [2.45, 2.75) is 13.0 Å². The van der Waals surface area contributed by atoms with Crippen LogP contribution in [0.1, 0.15) is 39.5 Å². The molecule has 19 heavy (non-hydrogen) atoms. The average molecular weight is 259 g/mol. The molecule has 0 bridgehead atoms. The molecule has 6 nitrogen and oxygen atoms in total. The Morgan fingerprint density at radius 1 is 1.26 bits per heavy atom. The van der Waals surface area contributed by atoms with Gasteiger partial charge >= 0.3 is 5.97 Å². The van der Waals surface area contributed by atoms with E-state index in [0.717, 1.165) is 0 Å². The molecule has 0 aliphatic rings. The molecule has 1 unspecified atom stereocenters. The van der Waals surface area contributed by atoms with Crippen molar-refractivity contribution in [3.05, 3.63) is 53.6 Å². The summed E-state index contributed by atoms with van der Waals surface area (Å²) in [6, 6.07) is 5.51. The summed E-state index contributed by atoms with van der Waals surface area (Å²) in [6.07, 6.45) is 3.29. The van der Waals surface area contributed by atoms with Gasteiger partial charge in [0, 0.05) is 18.0 Å². The van der Waals surface area contributed by atoms with Gasteiger partial charge in [0.05, 0.1) is 11.6 Å². The largest absolute Gasteiger partial charge is 0.478 e. The Kier molecular flexibility index (Phi) is 3.61. The number of aromatic carboxylic acids is 1. The molecule has 3 N–H and O–H groups in total. The Morgan fingerprint density at radius 3 is 2.42 bits per heavy atom. The minimum absolute atomic E-state index is 0.149. The van der Waals surface area contributed by atoms with Gasteiger partial charge in [-0.25, -0.2) is 9.78 Å². The molecule has 2 aromatic rings. The van der Waals surface area contributed by atoms with Crippen LogP contribution in [0, 0.1) is 0 Å². The van der Waals surface area contributed by atoms with Crippen LogP contribution < -0.4 is 5.32 Å². The molecular formula is C13H13N3O3. The third-order valence-corrected chi connectivity index (χ3v) is 2.67. The second-order valence-electron chi connectivity index (χ2n) is 4.05. The number of imidazole rings is 1. The maximum absolute atomic E-state index is 11.9. The second kappa shape index (κ2) is 5.34. The Balaban J connectivity index is 2.05. The Hall–Kier alpha value is -2.63. The Bertz CT molecular complexity index is 576. The normalized spacial score (nSPS) is 11.8. The Morgan fingerprint density at radius 2 is 1.89 bits per heavy atom. The quantitative estimate of drug-likeness (QED) is 0.777. The molecular weight excluding hydrogens is 246 g/mol. The lowest BCUT2D eigenvalue weighted by Crippen LogP contribution is -2.27. The topological polar surface area (TPSA) is 95.1 Å². The smallest absolute Gasteiger partial charge is 0.335 e. The van der Waals surface area contributed by atoms with Crippen LogP contribution in [0.5, 0.6) is 0 Å². The highest BCUT2D eigenvalue weighted by Crippen LogP contribution is 2.09. The fraction of sp³-hybridized carbons (Fsp3) is 0.154. The molecule has 1 aromatic heterocycles. The van der Waals surface area contributed by atoms with Gasteiger partial charge in [-0.2, -0.15) is 0 Å². The lowest BCUT2D eigenvalue weighted by molar-refractivity contribution is 0.0696. The number of nitrogens with one attached hydrogen (secondary N) is 2. The zero-order valence-corrected chi connectivity index (χ0v) is 10.3. The van der Waals surface area contributed by atoms with Gasteiger partial charge in [-0.1, -0.05) is 0 Å². The van der Waals surface area contributed by atoms with Crippen molar-refractivity contribution in [2.75, 3.05) is 0 Å². The van der Waals surface area contributed by atoms with Crippen LogP contribution in [0.4, 0.5) is 0 Å². The number of hydrogen-bond donors (Lipinski definition) is 3. The molecule has 0 radical (unpaired) electrons. The van der Waals surface area contributed by atoms with Gasteiger partial charge in [0.15, 0.2) is 0 Å². The number of rotatable bonds is 4. The van der Waals surface area contributed by atoms with E-state index in [0.29, 0.717) is 11.4 Å². The SMILES string of the molecule is CC(NC(=O)c1ccc(C(=O)O)cc1)c1ncc[nH]1. The number of hydrogen-bond acceptors (Lipinski definition) is 3. The molecule has 6 heteroatoms. The average Bonchev–Trinajstić information content (AvgIpc) is 2.92. The number of carbonyl (C=O) groups excluding carboxylic acids is 1. The maximum Gasteiger partial charge on any atom is 0.335 e. The van der Waals surface area contributed by atoms with E-state index in [-0.39, 0.29) is 17.5 Å². The van der Waals surface area contributed by atoms with Crippen LogP contribution in [0.2, 0.25) is 0 Å². The monoisotopic (exact) mass is 259 g/mol. The lowest BCUT2D eigenvalue weighted by Gasteiger charge is -2.11. The van der Waals surface area contributed by atoms with Gasteiger partial charge in [0.1, 0.15) is 5.82 Å². The zero-order chi connectivity index (χ0) is 13.8. The molecule has 0 saturated carbocycles. The van der Waals surface area contributed by atoms with E-state index in [4.69, 9.17) is 5.11 Å². The van der Waals surface area contributed by atoms with Crippen molar-refractivity contribution < 1.29 is 14.7 Å². The number of carboxylic acids is 1.